The molecule has 0 heterocycles. The van der Waals surface area contributed by atoms with Crippen molar-refractivity contribution in [2.24, 2.45) is 5.92 Å². The summed E-state index contributed by atoms with van der Waals surface area (Å²) >= 11 is 0. The molecule has 0 spiro atoms. The number of carbonyl (C=O) groups is 2. The van der Waals surface area contributed by atoms with E-state index >= 15 is 0 Å². The van der Waals surface area contributed by atoms with Crippen LogP contribution in [0.5, 0.6) is 0 Å². The first-order chi connectivity index (χ1) is 11.2. The lowest BCUT2D eigenvalue weighted by Gasteiger charge is -2.24. The van der Waals surface area contributed by atoms with Crippen LogP contribution in [0.1, 0.15) is 37.7 Å². The fourth-order valence-electron chi connectivity index (χ4n) is 3.11. The maximum absolute atomic E-state index is 12.1. The first kappa shape index (κ1) is 17.3. The van der Waals surface area contributed by atoms with E-state index in [2.05, 4.69) is 10.6 Å². The molecule has 126 valence electrons. The molecular formula is C17H25N3O3. The van der Waals surface area contributed by atoms with Crippen molar-refractivity contribution in [3.8, 4) is 0 Å². The van der Waals surface area contributed by atoms with Crippen molar-refractivity contribution >= 4 is 12.4 Å². The van der Waals surface area contributed by atoms with Crippen molar-refractivity contribution in [1.29, 1.82) is 0 Å². The summed E-state index contributed by atoms with van der Waals surface area (Å²) < 4.78 is 0. The number of nitrogens with zero attached hydrogens (tertiary/aromatic N) is 1. The van der Waals surface area contributed by atoms with Crippen LogP contribution in [-0.4, -0.2) is 35.3 Å². The molecule has 1 aromatic rings. The maximum Gasteiger partial charge on any atom is 0.315 e. The van der Waals surface area contributed by atoms with Crippen molar-refractivity contribution < 1.29 is 14.8 Å². The quantitative estimate of drug-likeness (QED) is 0.390. The number of carbonyl (C=O) groups excluding carboxylic acids is 2. The molecule has 1 atom stereocenters. The number of hydroxylamine groups is 2. The summed E-state index contributed by atoms with van der Waals surface area (Å²) in [4.78, 5) is 22.7. The van der Waals surface area contributed by atoms with Crippen LogP contribution < -0.4 is 10.6 Å². The second-order valence-corrected chi connectivity index (χ2v) is 6.12. The maximum atomic E-state index is 12.1. The molecule has 0 unspecified atom stereocenters. The molecule has 1 aliphatic rings. The lowest BCUT2D eigenvalue weighted by molar-refractivity contribution is -0.151. The van der Waals surface area contributed by atoms with E-state index in [1.165, 1.54) is 12.8 Å². The van der Waals surface area contributed by atoms with E-state index in [1.54, 1.807) is 0 Å². The van der Waals surface area contributed by atoms with Gasteiger partial charge in [-0.25, -0.2) is 9.86 Å². The standard InChI is InChI=1S/C17H25N3O3/c21-13-20(23)12-16(10-14-6-4-5-7-14)19-17(22)18-11-15-8-2-1-3-9-15/h1-3,8-9,13-14,16,23H,4-7,10-12H2,(H2,18,19,22)/t16-/m1/s1. The molecule has 1 aromatic carbocycles. The van der Waals surface area contributed by atoms with Crippen molar-refractivity contribution in [1.82, 2.24) is 15.7 Å². The molecule has 3 amide bonds. The van der Waals surface area contributed by atoms with Crippen LogP contribution in [0.15, 0.2) is 30.3 Å². The van der Waals surface area contributed by atoms with Gasteiger partial charge in [0.25, 0.3) is 0 Å². The highest BCUT2D eigenvalue weighted by Crippen LogP contribution is 2.28. The van der Waals surface area contributed by atoms with E-state index in [-0.39, 0.29) is 18.6 Å². The van der Waals surface area contributed by atoms with Gasteiger partial charge in [0.2, 0.25) is 6.41 Å². The number of rotatable bonds is 8. The van der Waals surface area contributed by atoms with Crippen molar-refractivity contribution in [2.45, 2.75) is 44.7 Å². The molecule has 0 aromatic heterocycles. The molecule has 3 N–H and O–H groups in total. The molecule has 0 saturated heterocycles. The van der Waals surface area contributed by atoms with Crippen molar-refractivity contribution in [3.05, 3.63) is 35.9 Å². The van der Waals surface area contributed by atoms with E-state index in [9.17, 15) is 14.8 Å². The zero-order valence-electron chi connectivity index (χ0n) is 13.3. The second kappa shape index (κ2) is 9.15. The predicted octanol–water partition coefficient (Wildman–Crippen LogP) is 2.28. The topological polar surface area (TPSA) is 81.7 Å². The summed E-state index contributed by atoms with van der Waals surface area (Å²) in [6.45, 7) is 0.554. The SMILES string of the molecule is O=CN(O)C[C@@H](CC1CCCC1)NC(=O)NCc1ccccc1. The molecule has 1 aliphatic carbocycles. The average molecular weight is 319 g/mol. The normalized spacial score (nSPS) is 15.9. The van der Waals surface area contributed by atoms with Gasteiger partial charge < -0.3 is 10.6 Å². The van der Waals surface area contributed by atoms with E-state index in [0.29, 0.717) is 23.9 Å². The van der Waals surface area contributed by atoms with Gasteiger partial charge >= 0.3 is 6.03 Å². The second-order valence-electron chi connectivity index (χ2n) is 6.12. The Morgan fingerprint density at radius 1 is 1.30 bits per heavy atom. The highest BCUT2D eigenvalue weighted by molar-refractivity contribution is 5.74. The minimum absolute atomic E-state index is 0.110. The lowest BCUT2D eigenvalue weighted by atomic mass is 9.98. The molecule has 23 heavy (non-hydrogen) atoms. The van der Waals surface area contributed by atoms with Crippen LogP contribution >= 0.6 is 0 Å². The first-order valence-electron chi connectivity index (χ1n) is 8.16. The van der Waals surface area contributed by atoms with Crippen LogP contribution in [0.4, 0.5) is 4.79 Å². The number of amides is 3. The van der Waals surface area contributed by atoms with Gasteiger partial charge in [0.15, 0.2) is 0 Å². The molecular weight excluding hydrogens is 294 g/mol. The summed E-state index contributed by atoms with van der Waals surface area (Å²) in [5.74, 6) is 0.550. The summed E-state index contributed by atoms with van der Waals surface area (Å²) in [5, 5.41) is 15.7. The zero-order valence-corrected chi connectivity index (χ0v) is 13.3. The number of hydrogen-bond acceptors (Lipinski definition) is 3. The van der Waals surface area contributed by atoms with Gasteiger partial charge in [0, 0.05) is 6.54 Å². The Hall–Kier alpha value is -2.08. The summed E-state index contributed by atoms with van der Waals surface area (Å²) in [6.07, 6.45) is 5.88. The van der Waals surface area contributed by atoms with Gasteiger partial charge in [0.05, 0.1) is 12.6 Å². The van der Waals surface area contributed by atoms with E-state index in [0.717, 1.165) is 24.8 Å². The average Bonchev–Trinajstić information content (AvgIpc) is 3.06. The van der Waals surface area contributed by atoms with Gasteiger partial charge in [-0.3, -0.25) is 10.0 Å². The van der Waals surface area contributed by atoms with Gasteiger partial charge in [0.1, 0.15) is 0 Å². The van der Waals surface area contributed by atoms with Gasteiger partial charge in [-0.15, -0.1) is 0 Å². The Balaban J connectivity index is 1.82. The highest BCUT2D eigenvalue weighted by Gasteiger charge is 2.22. The minimum atomic E-state index is -0.281. The van der Waals surface area contributed by atoms with Gasteiger partial charge in [-0.05, 0) is 17.9 Å². The smallest absolute Gasteiger partial charge is 0.315 e. The monoisotopic (exact) mass is 319 g/mol. The van der Waals surface area contributed by atoms with E-state index in [1.807, 2.05) is 30.3 Å². The fraction of sp³-hybridized carbons (Fsp3) is 0.529. The molecule has 0 aliphatic heterocycles. The Labute approximate surface area is 136 Å². The predicted molar refractivity (Wildman–Crippen MR) is 86.7 cm³/mol. The highest BCUT2D eigenvalue weighted by atomic mass is 16.5. The molecule has 1 saturated carbocycles. The van der Waals surface area contributed by atoms with Crippen molar-refractivity contribution in [2.75, 3.05) is 6.54 Å². The summed E-state index contributed by atoms with van der Waals surface area (Å²) in [5.41, 5.74) is 1.02. The van der Waals surface area contributed by atoms with Crippen LogP contribution in [0.2, 0.25) is 0 Å². The number of urea groups is 1. The Morgan fingerprint density at radius 2 is 2.00 bits per heavy atom. The molecule has 1 fully saturated rings. The Kier molecular flexibility index (Phi) is 6.87. The molecule has 6 nitrogen and oxygen atoms in total. The van der Waals surface area contributed by atoms with Crippen LogP contribution in [0.25, 0.3) is 0 Å². The molecule has 0 radical (unpaired) electrons. The minimum Gasteiger partial charge on any atom is -0.334 e. The third-order valence-electron chi connectivity index (χ3n) is 4.25. The van der Waals surface area contributed by atoms with Crippen LogP contribution in [-0.2, 0) is 11.3 Å². The van der Waals surface area contributed by atoms with Gasteiger partial charge in [-0.1, -0.05) is 56.0 Å². The lowest BCUT2D eigenvalue weighted by Crippen LogP contribution is -2.47. The Bertz CT molecular complexity index is 489. The van der Waals surface area contributed by atoms with Gasteiger partial charge in [-0.2, -0.15) is 0 Å². The number of hydrogen-bond donors (Lipinski definition) is 3. The first-order valence-corrected chi connectivity index (χ1v) is 8.16. The largest absolute Gasteiger partial charge is 0.334 e. The Morgan fingerprint density at radius 3 is 2.65 bits per heavy atom. The summed E-state index contributed by atoms with van der Waals surface area (Å²) in [6, 6.07) is 9.13. The summed E-state index contributed by atoms with van der Waals surface area (Å²) in [7, 11) is 0. The fourth-order valence-corrected chi connectivity index (χ4v) is 3.11. The van der Waals surface area contributed by atoms with E-state index in [4.69, 9.17) is 0 Å². The van der Waals surface area contributed by atoms with Crippen molar-refractivity contribution in [3.63, 3.8) is 0 Å². The molecule has 2 rings (SSSR count). The number of nitrogens with one attached hydrogen (secondary N) is 2. The molecule has 0 bridgehead atoms. The number of benzene rings is 1. The molecule has 6 heteroatoms. The zero-order chi connectivity index (χ0) is 16.5. The third kappa shape index (κ3) is 6.28. The van der Waals surface area contributed by atoms with E-state index < -0.39 is 0 Å². The third-order valence-corrected chi connectivity index (χ3v) is 4.25. The van der Waals surface area contributed by atoms with Crippen LogP contribution in [0.3, 0.4) is 0 Å². The van der Waals surface area contributed by atoms with Crippen LogP contribution in [0, 0.1) is 5.92 Å².